The Hall–Kier alpha value is 0.240. The number of rotatable bonds is 3. The molecule has 0 radical (unpaired) electrons. The van der Waals surface area contributed by atoms with Gasteiger partial charge in [0.1, 0.15) is 6.17 Å². The van der Waals surface area contributed by atoms with E-state index in [0.29, 0.717) is 13.0 Å². The third kappa shape index (κ3) is 3.13. The third-order valence-electron chi connectivity index (χ3n) is 2.68. The first kappa shape index (κ1) is 11.3. The minimum absolute atomic E-state index is 0.183. The minimum atomic E-state index is -0.651. The monoisotopic (exact) mass is 205 g/mol. The molecule has 0 aliphatic carbocycles. The zero-order valence-electron chi connectivity index (χ0n) is 8.85. The van der Waals surface area contributed by atoms with Crippen LogP contribution in [-0.2, 0) is 0 Å². The zero-order chi connectivity index (χ0) is 9.90. The van der Waals surface area contributed by atoms with Gasteiger partial charge >= 0.3 is 0 Å². The van der Waals surface area contributed by atoms with Crippen molar-refractivity contribution in [3.05, 3.63) is 0 Å². The summed E-state index contributed by atoms with van der Waals surface area (Å²) in [5, 5.41) is 0. The van der Waals surface area contributed by atoms with E-state index in [2.05, 4.69) is 18.7 Å². The molecule has 78 valence electrons. The number of thioether (sulfide) groups is 1. The quantitative estimate of drug-likeness (QED) is 0.696. The van der Waals surface area contributed by atoms with Gasteiger partial charge in [-0.2, -0.15) is 11.8 Å². The van der Waals surface area contributed by atoms with E-state index in [1.165, 1.54) is 0 Å². The average Bonchev–Trinajstić information content (AvgIpc) is 2.08. The fraction of sp³-hybridized carbons (Fsp3) is 1.00. The van der Waals surface area contributed by atoms with E-state index >= 15 is 0 Å². The average molecular weight is 205 g/mol. The van der Waals surface area contributed by atoms with Crippen LogP contribution in [0.15, 0.2) is 0 Å². The molecule has 0 bridgehead atoms. The maximum absolute atomic E-state index is 13.2. The second-order valence-corrected chi connectivity index (χ2v) is 5.42. The van der Waals surface area contributed by atoms with Crippen LogP contribution in [0.4, 0.5) is 4.39 Å². The van der Waals surface area contributed by atoms with Gasteiger partial charge < -0.3 is 0 Å². The molecular formula is C10H20FNS. The van der Waals surface area contributed by atoms with Gasteiger partial charge in [-0.3, -0.25) is 4.90 Å². The summed E-state index contributed by atoms with van der Waals surface area (Å²) in [6, 6.07) is 0. The normalized spacial score (nSPS) is 25.8. The Labute approximate surface area is 85.1 Å². The first-order chi connectivity index (χ1) is 6.06. The number of hydrogen-bond donors (Lipinski definition) is 0. The smallest absolute Gasteiger partial charge is 0.112 e. The Bertz CT molecular complexity index is 161. The van der Waals surface area contributed by atoms with Gasteiger partial charge in [-0.05, 0) is 20.3 Å². The van der Waals surface area contributed by atoms with Crippen LogP contribution in [0, 0.1) is 0 Å². The fourth-order valence-electron chi connectivity index (χ4n) is 1.60. The summed E-state index contributed by atoms with van der Waals surface area (Å²) >= 11 is 1.98. The third-order valence-corrected chi connectivity index (χ3v) is 4.06. The summed E-state index contributed by atoms with van der Waals surface area (Å²) in [4.78, 5) is 2.29. The lowest BCUT2D eigenvalue weighted by Crippen LogP contribution is -2.52. The molecule has 1 atom stereocenters. The molecule has 1 unspecified atom stereocenters. The van der Waals surface area contributed by atoms with Crippen molar-refractivity contribution in [3.8, 4) is 0 Å². The highest BCUT2D eigenvalue weighted by atomic mass is 32.2. The lowest BCUT2D eigenvalue weighted by atomic mass is 10.0. The molecule has 1 aliphatic rings. The molecule has 0 aromatic carbocycles. The summed E-state index contributed by atoms with van der Waals surface area (Å²) in [6.45, 7) is 7.99. The molecule has 1 nitrogen and oxygen atoms in total. The highest BCUT2D eigenvalue weighted by molar-refractivity contribution is 7.99. The molecular weight excluding hydrogens is 185 g/mol. The first-order valence-corrected chi connectivity index (χ1v) is 6.18. The molecule has 1 rings (SSSR count). The molecule has 3 heteroatoms. The highest BCUT2D eigenvalue weighted by Gasteiger charge is 2.31. The predicted molar refractivity (Wildman–Crippen MR) is 58.2 cm³/mol. The van der Waals surface area contributed by atoms with Crippen LogP contribution in [0.5, 0.6) is 0 Å². The Morgan fingerprint density at radius 2 is 2.23 bits per heavy atom. The van der Waals surface area contributed by atoms with Crippen molar-refractivity contribution >= 4 is 11.8 Å². The van der Waals surface area contributed by atoms with Crippen LogP contribution in [0.2, 0.25) is 0 Å². The summed E-state index contributed by atoms with van der Waals surface area (Å²) in [7, 11) is 0. The maximum atomic E-state index is 13.2. The van der Waals surface area contributed by atoms with E-state index < -0.39 is 6.17 Å². The van der Waals surface area contributed by atoms with Crippen molar-refractivity contribution in [1.82, 2.24) is 4.90 Å². The Balaban J connectivity index is 2.46. The van der Waals surface area contributed by atoms with Crippen LogP contribution >= 0.6 is 11.8 Å². The predicted octanol–water partition coefficient (Wildman–Crippen LogP) is 2.56. The molecule has 1 heterocycles. The van der Waals surface area contributed by atoms with Gasteiger partial charge in [0.15, 0.2) is 0 Å². The number of hydrogen-bond acceptors (Lipinski definition) is 2. The Morgan fingerprint density at radius 3 is 2.77 bits per heavy atom. The van der Waals surface area contributed by atoms with E-state index in [-0.39, 0.29) is 5.54 Å². The highest BCUT2D eigenvalue weighted by Crippen LogP contribution is 2.26. The van der Waals surface area contributed by atoms with E-state index in [4.69, 9.17) is 0 Å². The minimum Gasteiger partial charge on any atom is -0.294 e. The van der Waals surface area contributed by atoms with Crippen molar-refractivity contribution < 1.29 is 4.39 Å². The summed E-state index contributed by atoms with van der Waals surface area (Å²) in [5.74, 6) is 2.28. The Morgan fingerprint density at radius 1 is 1.54 bits per heavy atom. The number of alkyl halides is 1. The van der Waals surface area contributed by atoms with Gasteiger partial charge in [0.2, 0.25) is 0 Å². The van der Waals surface area contributed by atoms with E-state index in [1.807, 2.05) is 18.7 Å². The van der Waals surface area contributed by atoms with Crippen LogP contribution in [-0.4, -0.2) is 41.2 Å². The lowest BCUT2D eigenvalue weighted by molar-refractivity contribution is 0.103. The van der Waals surface area contributed by atoms with Gasteiger partial charge in [-0.1, -0.05) is 6.92 Å². The van der Waals surface area contributed by atoms with Gasteiger partial charge in [0.25, 0.3) is 0 Å². The van der Waals surface area contributed by atoms with Crippen molar-refractivity contribution in [1.29, 1.82) is 0 Å². The molecule has 1 fully saturated rings. The maximum Gasteiger partial charge on any atom is 0.112 e. The van der Waals surface area contributed by atoms with Gasteiger partial charge in [0, 0.05) is 30.1 Å². The molecule has 0 saturated carbocycles. The second kappa shape index (κ2) is 4.65. The topological polar surface area (TPSA) is 3.24 Å². The fourth-order valence-corrected chi connectivity index (χ4v) is 2.77. The molecule has 0 N–H and O–H groups in total. The number of nitrogens with zero attached hydrogens (tertiary/aromatic N) is 1. The molecule has 1 aliphatic heterocycles. The largest absolute Gasteiger partial charge is 0.294 e. The van der Waals surface area contributed by atoms with E-state index in [1.54, 1.807) is 0 Å². The van der Waals surface area contributed by atoms with E-state index in [9.17, 15) is 4.39 Å². The van der Waals surface area contributed by atoms with Crippen molar-refractivity contribution in [2.24, 2.45) is 0 Å². The molecule has 1 saturated heterocycles. The molecule has 0 aromatic heterocycles. The van der Waals surface area contributed by atoms with Crippen LogP contribution in [0.1, 0.15) is 27.2 Å². The lowest BCUT2D eigenvalue weighted by Gasteiger charge is -2.42. The van der Waals surface area contributed by atoms with Gasteiger partial charge in [-0.15, -0.1) is 0 Å². The van der Waals surface area contributed by atoms with Crippen molar-refractivity contribution in [3.63, 3.8) is 0 Å². The van der Waals surface area contributed by atoms with Gasteiger partial charge in [0.05, 0.1) is 0 Å². The Kier molecular flexibility index (Phi) is 4.05. The van der Waals surface area contributed by atoms with E-state index in [0.717, 1.165) is 18.1 Å². The van der Waals surface area contributed by atoms with Crippen LogP contribution in [0.3, 0.4) is 0 Å². The summed E-state index contributed by atoms with van der Waals surface area (Å²) < 4.78 is 13.2. The molecule has 0 amide bonds. The van der Waals surface area contributed by atoms with Gasteiger partial charge in [-0.25, -0.2) is 4.39 Å². The molecule has 0 spiro atoms. The zero-order valence-corrected chi connectivity index (χ0v) is 9.66. The van der Waals surface area contributed by atoms with Crippen molar-refractivity contribution in [2.45, 2.75) is 38.9 Å². The second-order valence-electron chi connectivity index (χ2n) is 4.32. The van der Waals surface area contributed by atoms with Crippen LogP contribution in [0.25, 0.3) is 0 Å². The number of halogens is 1. The first-order valence-electron chi connectivity index (χ1n) is 5.03. The summed E-state index contributed by atoms with van der Waals surface area (Å²) in [6.07, 6.45) is -0.0120. The molecule has 13 heavy (non-hydrogen) atoms. The van der Waals surface area contributed by atoms with Crippen LogP contribution < -0.4 is 0 Å². The SMILES string of the molecule is CCC(F)CN1CCSCC1(C)C. The summed E-state index contributed by atoms with van der Waals surface area (Å²) in [5.41, 5.74) is 0.183. The van der Waals surface area contributed by atoms with Crippen molar-refractivity contribution in [2.75, 3.05) is 24.6 Å². The standard InChI is InChI=1S/C10H20FNS/c1-4-9(11)7-12-5-6-13-8-10(12,2)3/h9H,4-8H2,1-3H3. The molecule has 0 aromatic rings.